The van der Waals surface area contributed by atoms with Crippen LogP contribution in [0.5, 0.6) is 0 Å². The molecule has 0 radical (unpaired) electrons. The first-order valence-corrected chi connectivity index (χ1v) is 6.78. The molecule has 0 unspecified atom stereocenters. The van der Waals surface area contributed by atoms with Crippen LogP contribution in [0.25, 0.3) is 0 Å². The van der Waals surface area contributed by atoms with Crippen LogP contribution in [0.2, 0.25) is 0 Å². The molecule has 0 spiro atoms. The maximum absolute atomic E-state index is 5.96. The Labute approximate surface area is 92.6 Å². The summed E-state index contributed by atoms with van der Waals surface area (Å²) in [6, 6.07) is 10.6. The molecule has 0 N–H and O–H groups in total. The van der Waals surface area contributed by atoms with Crippen LogP contribution in [0.4, 0.5) is 0 Å². The molecular formula is C11H12OS2. The Morgan fingerprint density at radius 2 is 1.86 bits per heavy atom. The van der Waals surface area contributed by atoms with Gasteiger partial charge in [0.25, 0.3) is 0 Å². The number of epoxide rings is 1. The van der Waals surface area contributed by atoms with Gasteiger partial charge in [-0.15, -0.1) is 23.5 Å². The zero-order valence-electron chi connectivity index (χ0n) is 8.03. The first-order chi connectivity index (χ1) is 6.77. The van der Waals surface area contributed by atoms with E-state index in [0.717, 1.165) is 0 Å². The normalized spacial score (nSPS) is 40.4. The minimum atomic E-state index is -0.0445. The van der Waals surface area contributed by atoms with Crippen molar-refractivity contribution in [1.82, 2.24) is 0 Å². The van der Waals surface area contributed by atoms with Gasteiger partial charge in [-0.05, 0) is 12.5 Å². The summed E-state index contributed by atoms with van der Waals surface area (Å²) in [4.78, 5) is -0.0194. The van der Waals surface area contributed by atoms with Crippen LogP contribution in [0.1, 0.15) is 12.5 Å². The summed E-state index contributed by atoms with van der Waals surface area (Å²) in [6.07, 6.45) is 0. The fourth-order valence-electron chi connectivity index (χ4n) is 2.02. The van der Waals surface area contributed by atoms with Gasteiger partial charge in [-0.1, -0.05) is 30.3 Å². The second kappa shape index (κ2) is 2.94. The van der Waals surface area contributed by atoms with Gasteiger partial charge in [-0.25, -0.2) is 0 Å². The van der Waals surface area contributed by atoms with E-state index >= 15 is 0 Å². The lowest BCUT2D eigenvalue weighted by Crippen LogP contribution is -2.20. The molecule has 1 aromatic carbocycles. The number of thioether (sulfide) groups is 2. The molecule has 74 valence electrons. The number of hydrogen-bond donors (Lipinski definition) is 0. The van der Waals surface area contributed by atoms with E-state index in [0.29, 0.717) is 0 Å². The van der Waals surface area contributed by atoms with Crippen molar-refractivity contribution in [2.45, 2.75) is 16.8 Å². The van der Waals surface area contributed by atoms with Crippen LogP contribution in [-0.4, -0.2) is 16.4 Å². The molecule has 0 amide bonds. The first-order valence-electron chi connectivity index (χ1n) is 4.80. The van der Waals surface area contributed by atoms with E-state index in [4.69, 9.17) is 4.74 Å². The predicted octanol–water partition coefficient (Wildman–Crippen LogP) is 3.07. The molecule has 2 heterocycles. The predicted molar refractivity (Wildman–Crippen MR) is 62.5 cm³/mol. The fourth-order valence-corrected chi connectivity index (χ4v) is 5.05. The van der Waals surface area contributed by atoms with Crippen LogP contribution in [0, 0.1) is 0 Å². The van der Waals surface area contributed by atoms with Crippen molar-refractivity contribution < 1.29 is 4.74 Å². The lowest BCUT2D eigenvalue weighted by molar-refractivity contribution is 0.354. The molecule has 14 heavy (non-hydrogen) atoms. The van der Waals surface area contributed by atoms with E-state index in [2.05, 4.69) is 37.3 Å². The van der Waals surface area contributed by atoms with E-state index in [1.807, 2.05) is 23.5 Å². The fraction of sp³-hybridized carbons (Fsp3) is 0.455. The molecule has 1 nitrogen and oxygen atoms in total. The maximum Gasteiger partial charge on any atom is 0.179 e. The van der Waals surface area contributed by atoms with Crippen LogP contribution in [-0.2, 0) is 9.67 Å². The summed E-state index contributed by atoms with van der Waals surface area (Å²) in [5.41, 5.74) is 1.32. The minimum Gasteiger partial charge on any atom is -0.335 e. The summed E-state index contributed by atoms with van der Waals surface area (Å²) in [5.74, 6) is 2.39. The number of benzene rings is 1. The molecule has 0 saturated carbocycles. The highest BCUT2D eigenvalue weighted by atomic mass is 32.2. The van der Waals surface area contributed by atoms with Gasteiger partial charge in [0.05, 0.1) is 0 Å². The van der Waals surface area contributed by atoms with Crippen molar-refractivity contribution in [3.63, 3.8) is 0 Å². The molecule has 3 heteroatoms. The van der Waals surface area contributed by atoms with Gasteiger partial charge in [0, 0.05) is 11.5 Å². The molecule has 2 aliphatic rings. The van der Waals surface area contributed by atoms with Gasteiger partial charge in [-0.2, -0.15) is 0 Å². The smallest absolute Gasteiger partial charge is 0.179 e. The topological polar surface area (TPSA) is 12.5 Å². The Hall–Kier alpha value is -0.120. The Kier molecular flexibility index (Phi) is 1.92. The Bertz CT molecular complexity index is 350. The lowest BCUT2D eigenvalue weighted by Gasteiger charge is -2.21. The van der Waals surface area contributed by atoms with Crippen LogP contribution >= 0.6 is 23.5 Å². The number of ether oxygens (including phenoxy) is 1. The number of fused-ring (bicyclic) bond motifs is 1. The molecule has 2 saturated heterocycles. The molecule has 1 aromatic rings. The number of hydrogen-bond acceptors (Lipinski definition) is 3. The summed E-state index contributed by atoms with van der Waals surface area (Å²) in [5, 5.41) is 0. The largest absolute Gasteiger partial charge is 0.335 e. The van der Waals surface area contributed by atoms with E-state index in [-0.39, 0.29) is 9.87 Å². The molecule has 3 rings (SSSR count). The highest BCUT2D eigenvalue weighted by Crippen LogP contribution is 2.70. The quantitative estimate of drug-likeness (QED) is 0.680. The summed E-state index contributed by atoms with van der Waals surface area (Å²) < 4.78 is 5.96. The third-order valence-electron chi connectivity index (χ3n) is 2.81. The van der Waals surface area contributed by atoms with Crippen molar-refractivity contribution in [3.05, 3.63) is 35.9 Å². The Balaban J connectivity index is 1.99. The van der Waals surface area contributed by atoms with Gasteiger partial charge in [0.15, 0.2) is 9.87 Å². The average molecular weight is 224 g/mol. The second-order valence-corrected chi connectivity index (χ2v) is 6.48. The van der Waals surface area contributed by atoms with E-state index in [9.17, 15) is 0 Å². The molecule has 2 aliphatic heterocycles. The van der Waals surface area contributed by atoms with Crippen LogP contribution in [0.3, 0.4) is 0 Å². The molecule has 0 aliphatic carbocycles. The van der Waals surface area contributed by atoms with E-state index in [1.165, 1.54) is 17.1 Å². The summed E-state index contributed by atoms with van der Waals surface area (Å²) in [6.45, 7) is 2.21. The zero-order valence-corrected chi connectivity index (χ0v) is 9.66. The van der Waals surface area contributed by atoms with Crippen molar-refractivity contribution in [2.75, 3.05) is 11.5 Å². The Morgan fingerprint density at radius 3 is 2.57 bits per heavy atom. The van der Waals surface area contributed by atoms with Gasteiger partial charge < -0.3 is 4.74 Å². The van der Waals surface area contributed by atoms with Gasteiger partial charge in [-0.3, -0.25) is 0 Å². The van der Waals surface area contributed by atoms with Crippen molar-refractivity contribution in [2.24, 2.45) is 0 Å². The minimum absolute atomic E-state index is 0.0251. The van der Waals surface area contributed by atoms with Crippen molar-refractivity contribution in [3.8, 4) is 0 Å². The zero-order chi connectivity index (χ0) is 9.65. The first kappa shape index (κ1) is 9.13. The maximum atomic E-state index is 5.96. The van der Waals surface area contributed by atoms with E-state index in [1.54, 1.807) is 0 Å². The molecular weight excluding hydrogens is 212 g/mol. The van der Waals surface area contributed by atoms with Crippen molar-refractivity contribution >= 4 is 23.5 Å². The second-order valence-electron chi connectivity index (χ2n) is 3.73. The van der Waals surface area contributed by atoms with Crippen LogP contribution < -0.4 is 0 Å². The molecule has 0 bridgehead atoms. The van der Waals surface area contributed by atoms with E-state index < -0.39 is 0 Å². The number of rotatable bonds is 1. The monoisotopic (exact) mass is 224 g/mol. The highest BCUT2D eigenvalue weighted by Gasteiger charge is 2.70. The van der Waals surface area contributed by atoms with Gasteiger partial charge in [0.1, 0.15) is 0 Å². The SMILES string of the molecule is C[C@@]12O[C@]1(c1ccccc1)SCCS2. The molecule has 2 atom stereocenters. The third-order valence-corrected chi connectivity index (χ3v) is 6.06. The third kappa shape index (κ3) is 1.09. The van der Waals surface area contributed by atoms with Crippen molar-refractivity contribution in [1.29, 1.82) is 0 Å². The molecule has 0 aromatic heterocycles. The van der Waals surface area contributed by atoms with Gasteiger partial charge >= 0.3 is 0 Å². The molecule has 2 fully saturated rings. The Morgan fingerprint density at radius 1 is 1.14 bits per heavy atom. The average Bonchev–Trinajstić information content (AvgIpc) is 2.87. The summed E-state index contributed by atoms with van der Waals surface area (Å²) in [7, 11) is 0. The van der Waals surface area contributed by atoms with Gasteiger partial charge in [0.2, 0.25) is 0 Å². The summed E-state index contributed by atoms with van der Waals surface area (Å²) >= 11 is 3.89. The lowest BCUT2D eigenvalue weighted by atomic mass is 10.1. The van der Waals surface area contributed by atoms with Crippen LogP contribution in [0.15, 0.2) is 30.3 Å². The highest BCUT2D eigenvalue weighted by molar-refractivity contribution is 8.08. The standard InChI is InChI=1S/C11H12OS2/c1-10-11(12-10,14-8-7-13-10)9-5-3-2-4-6-9/h2-6H,7-8H2,1H3/t10-,11+/m0/s1.